The zero-order chi connectivity index (χ0) is 20.7. The van der Waals surface area contributed by atoms with Gasteiger partial charge in [0, 0.05) is 11.6 Å². The molecule has 148 valence electrons. The number of furan rings is 1. The third-order valence-electron chi connectivity index (χ3n) is 4.57. The fourth-order valence-corrected chi connectivity index (χ4v) is 4.26. The Balaban J connectivity index is 1.54. The number of ether oxygens (including phenoxy) is 1. The molecule has 0 saturated heterocycles. The number of aromatic nitrogens is 3. The average molecular weight is 436 g/mol. The van der Waals surface area contributed by atoms with Crippen molar-refractivity contribution in [2.24, 2.45) is 0 Å². The van der Waals surface area contributed by atoms with Gasteiger partial charge in [-0.2, -0.15) is 9.50 Å². The van der Waals surface area contributed by atoms with E-state index in [0.29, 0.717) is 37.6 Å². The van der Waals surface area contributed by atoms with Crippen molar-refractivity contribution in [1.82, 2.24) is 14.6 Å². The summed E-state index contributed by atoms with van der Waals surface area (Å²) in [5.41, 5.74) is 1.28. The monoisotopic (exact) mass is 435 g/mol. The second-order valence-corrected chi connectivity index (χ2v) is 7.84. The van der Waals surface area contributed by atoms with E-state index in [-0.39, 0.29) is 5.56 Å². The van der Waals surface area contributed by atoms with Gasteiger partial charge in [-0.15, -0.1) is 5.10 Å². The lowest BCUT2D eigenvalue weighted by Crippen LogP contribution is -2.23. The van der Waals surface area contributed by atoms with Crippen molar-refractivity contribution < 1.29 is 9.15 Å². The number of methoxy groups -OCH3 is 1. The van der Waals surface area contributed by atoms with Crippen molar-refractivity contribution in [2.45, 2.75) is 0 Å². The first kappa shape index (κ1) is 18.6. The standard InChI is InChI=1S/C22H14ClN3O3S/c1-28-17-9-5-3-7-15(17)20-24-22-26(25-20)21(27)19(30-22)12-13-10-11-18(29-13)14-6-2-4-8-16(14)23/h2-12H,1H3/b19-12-. The van der Waals surface area contributed by atoms with Gasteiger partial charge < -0.3 is 9.15 Å². The molecule has 0 atom stereocenters. The maximum absolute atomic E-state index is 12.8. The molecule has 6 nitrogen and oxygen atoms in total. The highest BCUT2D eigenvalue weighted by Gasteiger charge is 2.15. The van der Waals surface area contributed by atoms with Crippen LogP contribution in [0.2, 0.25) is 5.02 Å². The number of benzene rings is 2. The summed E-state index contributed by atoms with van der Waals surface area (Å²) in [6, 6.07) is 18.5. The number of para-hydroxylation sites is 1. The van der Waals surface area contributed by atoms with Crippen LogP contribution in [-0.4, -0.2) is 21.7 Å². The van der Waals surface area contributed by atoms with E-state index in [4.69, 9.17) is 20.8 Å². The minimum Gasteiger partial charge on any atom is -0.496 e. The first-order chi connectivity index (χ1) is 14.6. The normalized spacial score (nSPS) is 12.0. The third-order valence-corrected chi connectivity index (χ3v) is 5.86. The summed E-state index contributed by atoms with van der Waals surface area (Å²) >= 11 is 7.48. The molecule has 0 saturated carbocycles. The van der Waals surface area contributed by atoms with E-state index in [1.54, 1.807) is 25.3 Å². The van der Waals surface area contributed by atoms with Gasteiger partial charge in [0.1, 0.15) is 21.8 Å². The zero-order valence-electron chi connectivity index (χ0n) is 15.7. The SMILES string of the molecule is COc1ccccc1-c1nc2s/c(=C\c3ccc(-c4ccccc4Cl)o3)c(=O)n2n1. The molecule has 0 fully saturated rings. The van der Waals surface area contributed by atoms with Crippen molar-refractivity contribution in [3.8, 4) is 28.5 Å². The highest BCUT2D eigenvalue weighted by atomic mass is 35.5. The lowest BCUT2D eigenvalue weighted by atomic mass is 10.2. The molecule has 5 rings (SSSR count). The van der Waals surface area contributed by atoms with Crippen LogP contribution in [0.4, 0.5) is 0 Å². The molecule has 3 aromatic heterocycles. The van der Waals surface area contributed by atoms with Crippen molar-refractivity contribution in [1.29, 1.82) is 0 Å². The fraction of sp³-hybridized carbons (Fsp3) is 0.0455. The number of thiazole rings is 1. The summed E-state index contributed by atoms with van der Waals surface area (Å²) in [5.74, 6) is 2.28. The third kappa shape index (κ3) is 3.18. The van der Waals surface area contributed by atoms with Gasteiger partial charge in [-0.05, 0) is 36.4 Å². The average Bonchev–Trinajstić information content (AvgIpc) is 3.46. The smallest absolute Gasteiger partial charge is 0.291 e. The highest BCUT2D eigenvalue weighted by molar-refractivity contribution is 7.15. The fourth-order valence-electron chi connectivity index (χ4n) is 3.14. The van der Waals surface area contributed by atoms with Crippen molar-refractivity contribution in [2.75, 3.05) is 7.11 Å². The molecule has 0 N–H and O–H groups in total. The molecule has 0 unspecified atom stereocenters. The summed E-state index contributed by atoms with van der Waals surface area (Å²) in [6.45, 7) is 0. The first-order valence-corrected chi connectivity index (χ1v) is 10.2. The number of hydrogen-bond acceptors (Lipinski definition) is 6. The maximum Gasteiger partial charge on any atom is 0.291 e. The molecule has 0 bridgehead atoms. The number of rotatable bonds is 4. The lowest BCUT2D eigenvalue weighted by molar-refractivity contribution is 0.416. The summed E-state index contributed by atoms with van der Waals surface area (Å²) < 4.78 is 13.0. The van der Waals surface area contributed by atoms with E-state index < -0.39 is 0 Å². The molecule has 0 aliphatic heterocycles. The Morgan fingerprint density at radius 2 is 1.83 bits per heavy atom. The second kappa shape index (κ2) is 7.44. The summed E-state index contributed by atoms with van der Waals surface area (Å²) in [7, 11) is 1.59. The van der Waals surface area contributed by atoms with Crippen LogP contribution < -0.4 is 14.8 Å². The van der Waals surface area contributed by atoms with Gasteiger partial charge in [0.05, 0.1) is 17.7 Å². The molecular formula is C22H14ClN3O3S. The van der Waals surface area contributed by atoms with Crippen molar-refractivity contribution >= 4 is 34.0 Å². The molecule has 3 heterocycles. The van der Waals surface area contributed by atoms with Crippen molar-refractivity contribution in [3.63, 3.8) is 0 Å². The van der Waals surface area contributed by atoms with E-state index in [2.05, 4.69) is 10.1 Å². The second-order valence-electron chi connectivity index (χ2n) is 6.43. The van der Waals surface area contributed by atoms with Crippen LogP contribution >= 0.6 is 22.9 Å². The van der Waals surface area contributed by atoms with Crippen LogP contribution in [0.3, 0.4) is 0 Å². The molecule has 2 aromatic carbocycles. The van der Waals surface area contributed by atoms with Gasteiger partial charge >= 0.3 is 0 Å². The van der Waals surface area contributed by atoms with Crippen LogP contribution in [-0.2, 0) is 0 Å². The van der Waals surface area contributed by atoms with E-state index in [1.807, 2.05) is 48.5 Å². The van der Waals surface area contributed by atoms with Gasteiger partial charge in [0.15, 0.2) is 5.82 Å². The van der Waals surface area contributed by atoms with E-state index in [9.17, 15) is 4.79 Å². The van der Waals surface area contributed by atoms with Crippen molar-refractivity contribution in [3.05, 3.63) is 86.3 Å². The maximum atomic E-state index is 12.8. The van der Waals surface area contributed by atoms with Crippen LogP contribution in [0.5, 0.6) is 5.75 Å². The highest BCUT2D eigenvalue weighted by Crippen LogP contribution is 2.29. The minimum absolute atomic E-state index is 0.251. The Kier molecular flexibility index (Phi) is 4.61. The predicted molar refractivity (Wildman–Crippen MR) is 117 cm³/mol. The minimum atomic E-state index is -0.251. The molecule has 0 radical (unpaired) electrons. The Morgan fingerprint density at radius 1 is 1.07 bits per heavy atom. The predicted octanol–water partition coefficient (Wildman–Crippen LogP) is 4.29. The number of halogens is 1. The van der Waals surface area contributed by atoms with E-state index >= 15 is 0 Å². The summed E-state index contributed by atoms with van der Waals surface area (Å²) in [4.78, 5) is 17.8. The molecule has 8 heteroatoms. The largest absolute Gasteiger partial charge is 0.496 e. The van der Waals surface area contributed by atoms with Crippen LogP contribution in [0.1, 0.15) is 5.76 Å². The van der Waals surface area contributed by atoms with Crippen LogP contribution in [0.15, 0.2) is 69.9 Å². The lowest BCUT2D eigenvalue weighted by Gasteiger charge is -2.03. The first-order valence-electron chi connectivity index (χ1n) is 9.03. The van der Waals surface area contributed by atoms with E-state index in [1.165, 1.54) is 15.9 Å². The number of nitrogens with zero attached hydrogens (tertiary/aromatic N) is 3. The topological polar surface area (TPSA) is 69.6 Å². The Morgan fingerprint density at radius 3 is 2.60 bits per heavy atom. The number of fused-ring (bicyclic) bond motifs is 1. The van der Waals surface area contributed by atoms with Crippen LogP contribution in [0, 0.1) is 0 Å². The molecular weight excluding hydrogens is 422 g/mol. The van der Waals surface area contributed by atoms with Gasteiger partial charge in [-0.1, -0.05) is 47.2 Å². The molecule has 0 aliphatic carbocycles. The summed E-state index contributed by atoms with van der Waals surface area (Å²) in [5, 5.41) is 4.98. The molecule has 0 aliphatic rings. The molecule has 30 heavy (non-hydrogen) atoms. The Hall–Kier alpha value is -3.42. The molecule has 0 spiro atoms. The molecule has 5 aromatic rings. The van der Waals surface area contributed by atoms with E-state index in [0.717, 1.165) is 11.1 Å². The summed E-state index contributed by atoms with van der Waals surface area (Å²) in [6.07, 6.45) is 1.69. The quantitative estimate of drug-likeness (QED) is 0.421. The van der Waals surface area contributed by atoms with Gasteiger partial charge in [0.25, 0.3) is 5.56 Å². The molecule has 0 amide bonds. The number of hydrogen-bond donors (Lipinski definition) is 0. The Bertz CT molecular complexity index is 1490. The van der Waals surface area contributed by atoms with Gasteiger partial charge in [-0.3, -0.25) is 4.79 Å². The van der Waals surface area contributed by atoms with Crippen LogP contribution in [0.25, 0.3) is 33.7 Å². The Labute approximate surface area is 179 Å². The zero-order valence-corrected chi connectivity index (χ0v) is 17.3. The van der Waals surface area contributed by atoms with Gasteiger partial charge in [-0.25, -0.2) is 0 Å². The van der Waals surface area contributed by atoms with Gasteiger partial charge in [0.2, 0.25) is 4.96 Å².